The highest BCUT2D eigenvalue weighted by Gasteiger charge is 1.96. The van der Waals surface area contributed by atoms with E-state index in [9.17, 15) is 4.79 Å². The van der Waals surface area contributed by atoms with Gasteiger partial charge in [-0.15, -0.1) is 0 Å². The molecule has 0 aliphatic carbocycles. The predicted molar refractivity (Wildman–Crippen MR) is 71.1 cm³/mol. The van der Waals surface area contributed by atoms with E-state index in [1.165, 1.54) is 6.08 Å². The van der Waals surface area contributed by atoms with E-state index in [1.807, 2.05) is 50.2 Å². The van der Waals surface area contributed by atoms with Crippen LogP contribution >= 0.6 is 0 Å². The Bertz CT molecular complexity index is 380. The van der Waals surface area contributed by atoms with Crippen molar-refractivity contribution in [1.29, 1.82) is 0 Å². The van der Waals surface area contributed by atoms with Gasteiger partial charge in [0.25, 0.3) is 0 Å². The van der Waals surface area contributed by atoms with Gasteiger partial charge in [-0.1, -0.05) is 19.1 Å². The summed E-state index contributed by atoms with van der Waals surface area (Å²) in [6, 6.07) is 7.96. The molecule has 3 nitrogen and oxygen atoms in total. The summed E-state index contributed by atoms with van der Waals surface area (Å²) in [6.45, 7) is 2.44. The molecule has 0 fully saturated rings. The van der Waals surface area contributed by atoms with E-state index in [0.717, 1.165) is 17.7 Å². The van der Waals surface area contributed by atoms with Gasteiger partial charge in [-0.2, -0.15) is 0 Å². The lowest BCUT2D eigenvalue weighted by Gasteiger charge is -2.11. The van der Waals surface area contributed by atoms with Gasteiger partial charge in [-0.25, -0.2) is 4.79 Å². The molecule has 1 aromatic rings. The molecule has 17 heavy (non-hydrogen) atoms. The second-order valence-electron chi connectivity index (χ2n) is 3.99. The first-order chi connectivity index (χ1) is 8.13. The average Bonchev–Trinajstić information content (AvgIpc) is 2.34. The van der Waals surface area contributed by atoms with Gasteiger partial charge in [-0.05, 0) is 30.2 Å². The smallest absolute Gasteiger partial charge is 0.330 e. The molecule has 0 aliphatic heterocycles. The van der Waals surface area contributed by atoms with E-state index in [-0.39, 0.29) is 5.97 Å². The zero-order valence-electron chi connectivity index (χ0n) is 10.6. The maximum Gasteiger partial charge on any atom is 0.330 e. The molecular formula is C14H19NO2. The van der Waals surface area contributed by atoms with Crippen LogP contribution in [0.15, 0.2) is 30.3 Å². The molecule has 3 heteroatoms. The number of anilines is 1. The molecule has 0 saturated carbocycles. The van der Waals surface area contributed by atoms with Crippen LogP contribution < -0.4 is 4.90 Å². The van der Waals surface area contributed by atoms with Crippen molar-refractivity contribution >= 4 is 17.7 Å². The molecule has 0 spiro atoms. The van der Waals surface area contributed by atoms with Gasteiger partial charge >= 0.3 is 5.97 Å². The lowest BCUT2D eigenvalue weighted by Crippen LogP contribution is -2.07. The summed E-state index contributed by atoms with van der Waals surface area (Å²) < 4.78 is 4.94. The number of hydrogen-bond acceptors (Lipinski definition) is 3. The Kier molecular flexibility index (Phi) is 5.27. The van der Waals surface area contributed by atoms with E-state index < -0.39 is 0 Å². The SMILES string of the molecule is CCCOC(=O)/C=C/c1ccc(N(C)C)cc1. The van der Waals surface area contributed by atoms with Crippen LogP contribution in [-0.4, -0.2) is 26.7 Å². The second kappa shape index (κ2) is 6.74. The average molecular weight is 233 g/mol. The van der Waals surface area contributed by atoms with Crippen molar-refractivity contribution < 1.29 is 9.53 Å². The van der Waals surface area contributed by atoms with Crippen LogP contribution in [0.3, 0.4) is 0 Å². The Morgan fingerprint density at radius 1 is 1.29 bits per heavy atom. The number of rotatable bonds is 5. The fourth-order valence-corrected chi connectivity index (χ4v) is 1.30. The van der Waals surface area contributed by atoms with Gasteiger partial charge in [0.15, 0.2) is 0 Å². The molecule has 0 bridgehead atoms. The maximum absolute atomic E-state index is 11.2. The Labute approximate surface area is 103 Å². The van der Waals surface area contributed by atoms with Crippen LogP contribution in [-0.2, 0) is 9.53 Å². The highest BCUT2D eigenvalue weighted by atomic mass is 16.5. The van der Waals surface area contributed by atoms with Crippen LogP contribution in [0.5, 0.6) is 0 Å². The van der Waals surface area contributed by atoms with E-state index >= 15 is 0 Å². The first kappa shape index (κ1) is 13.3. The zero-order valence-corrected chi connectivity index (χ0v) is 10.6. The van der Waals surface area contributed by atoms with Crippen molar-refractivity contribution in [3.8, 4) is 0 Å². The lowest BCUT2D eigenvalue weighted by atomic mass is 10.2. The molecule has 0 heterocycles. The minimum atomic E-state index is -0.288. The van der Waals surface area contributed by atoms with Gasteiger partial charge in [-0.3, -0.25) is 0 Å². The van der Waals surface area contributed by atoms with Gasteiger partial charge in [0.1, 0.15) is 0 Å². The second-order valence-corrected chi connectivity index (χ2v) is 3.99. The maximum atomic E-state index is 11.2. The quantitative estimate of drug-likeness (QED) is 0.578. The monoisotopic (exact) mass is 233 g/mol. The summed E-state index contributed by atoms with van der Waals surface area (Å²) in [6.07, 6.45) is 4.06. The molecule has 0 radical (unpaired) electrons. The molecule has 0 aliphatic rings. The first-order valence-corrected chi connectivity index (χ1v) is 5.75. The number of esters is 1. The highest BCUT2D eigenvalue weighted by molar-refractivity contribution is 5.87. The van der Waals surface area contributed by atoms with E-state index in [1.54, 1.807) is 6.08 Å². The number of carbonyl (C=O) groups excluding carboxylic acids is 1. The Hall–Kier alpha value is -1.77. The minimum Gasteiger partial charge on any atom is -0.463 e. The summed E-state index contributed by atoms with van der Waals surface area (Å²) in [5.74, 6) is -0.288. The van der Waals surface area contributed by atoms with Crippen molar-refractivity contribution in [3.05, 3.63) is 35.9 Å². The number of benzene rings is 1. The van der Waals surface area contributed by atoms with Gasteiger partial charge < -0.3 is 9.64 Å². The van der Waals surface area contributed by atoms with Crippen LogP contribution in [0.4, 0.5) is 5.69 Å². The fraction of sp³-hybridized carbons (Fsp3) is 0.357. The topological polar surface area (TPSA) is 29.5 Å². The predicted octanol–water partition coefficient (Wildman–Crippen LogP) is 2.72. The van der Waals surface area contributed by atoms with Gasteiger partial charge in [0.2, 0.25) is 0 Å². The third-order valence-corrected chi connectivity index (χ3v) is 2.27. The summed E-state index contributed by atoms with van der Waals surface area (Å²) in [4.78, 5) is 13.3. The Morgan fingerprint density at radius 2 is 1.94 bits per heavy atom. The molecule has 0 N–H and O–H groups in total. The molecule has 0 amide bonds. The van der Waals surface area contributed by atoms with Crippen molar-refractivity contribution in [2.45, 2.75) is 13.3 Å². The summed E-state index contributed by atoms with van der Waals surface area (Å²) >= 11 is 0. The molecule has 92 valence electrons. The van der Waals surface area contributed by atoms with Crippen molar-refractivity contribution in [1.82, 2.24) is 0 Å². The van der Waals surface area contributed by atoms with Crippen LogP contribution in [0.25, 0.3) is 6.08 Å². The van der Waals surface area contributed by atoms with E-state index in [0.29, 0.717) is 6.61 Å². The molecule has 0 atom stereocenters. The minimum absolute atomic E-state index is 0.288. The van der Waals surface area contributed by atoms with Crippen molar-refractivity contribution in [3.63, 3.8) is 0 Å². The first-order valence-electron chi connectivity index (χ1n) is 5.75. The van der Waals surface area contributed by atoms with E-state index in [2.05, 4.69) is 0 Å². The molecular weight excluding hydrogens is 214 g/mol. The lowest BCUT2D eigenvalue weighted by molar-refractivity contribution is -0.137. The molecule has 0 aromatic heterocycles. The summed E-state index contributed by atoms with van der Waals surface area (Å²) in [5, 5.41) is 0. The largest absolute Gasteiger partial charge is 0.463 e. The third-order valence-electron chi connectivity index (χ3n) is 2.27. The zero-order chi connectivity index (χ0) is 12.7. The fourth-order valence-electron chi connectivity index (χ4n) is 1.30. The van der Waals surface area contributed by atoms with Crippen molar-refractivity contribution in [2.75, 3.05) is 25.6 Å². The summed E-state index contributed by atoms with van der Waals surface area (Å²) in [7, 11) is 3.99. The molecule has 1 rings (SSSR count). The van der Waals surface area contributed by atoms with Crippen LogP contribution in [0.1, 0.15) is 18.9 Å². The highest BCUT2D eigenvalue weighted by Crippen LogP contribution is 2.13. The molecule has 1 aromatic carbocycles. The number of hydrogen-bond donors (Lipinski definition) is 0. The van der Waals surface area contributed by atoms with Crippen molar-refractivity contribution in [2.24, 2.45) is 0 Å². The van der Waals surface area contributed by atoms with Gasteiger partial charge in [0, 0.05) is 25.9 Å². The van der Waals surface area contributed by atoms with Crippen LogP contribution in [0.2, 0.25) is 0 Å². The molecule has 0 saturated heterocycles. The standard InChI is InChI=1S/C14H19NO2/c1-4-11-17-14(16)10-7-12-5-8-13(9-6-12)15(2)3/h5-10H,4,11H2,1-3H3/b10-7+. The normalized spacial score (nSPS) is 10.5. The molecule has 0 unspecified atom stereocenters. The van der Waals surface area contributed by atoms with Crippen LogP contribution in [0, 0.1) is 0 Å². The number of carbonyl (C=O) groups is 1. The Morgan fingerprint density at radius 3 is 2.47 bits per heavy atom. The Balaban J connectivity index is 2.56. The van der Waals surface area contributed by atoms with E-state index in [4.69, 9.17) is 4.74 Å². The van der Waals surface area contributed by atoms with Gasteiger partial charge in [0.05, 0.1) is 6.61 Å². The number of nitrogens with zero attached hydrogens (tertiary/aromatic N) is 1. The summed E-state index contributed by atoms with van der Waals surface area (Å²) in [5.41, 5.74) is 2.12. The number of ether oxygens (including phenoxy) is 1. The third kappa shape index (κ3) is 4.72.